The Kier molecular flexibility index (Phi) is 5.55. The number of β-amino-alcohol motifs (C(OH)–C–C–N with tert-alkyl or cyclic N) is 1. The molecule has 0 aromatic carbocycles. The number of aromatic nitrogens is 3. The fraction of sp³-hybridized carbons (Fsp3) is 0.786. The SMILES string of the molecule is CCCNc1nc(OCC)nc(N2CCC(C)C(O)C2)n1. The molecule has 7 heteroatoms. The van der Waals surface area contributed by atoms with Gasteiger partial charge in [0, 0.05) is 19.6 Å². The summed E-state index contributed by atoms with van der Waals surface area (Å²) in [7, 11) is 0. The summed E-state index contributed by atoms with van der Waals surface area (Å²) in [6, 6.07) is 0.328. The van der Waals surface area contributed by atoms with Gasteiger partial charge in [-0.2, -0.15) is 15.0 Å². The van der Waals surface area contributed by atoms with Crippen molar-refractivity contribution in [2.75, 3.05) is 36.5 Å². The van der Waals surface area contributed by atoms with Gasteiger partial charge in [-0.25, -0.2) is 0 Å². The first-order valence-corrected chi connectivity index (χ1v) is 7.69. The number of rotatable bonds is 6. The molecule has 2 atom stereocenters. The second-order valence-corrected chi connectivity index (χ2v) is 5.38. The van der Waals surface area contributed by atoms with Crippen LogP contribution in [0.3, 0.4) is 0 Å². The van der Waals surface area contributed by atoms with E-state index in [0.717, 1.165) is 25.9 Å². The zero-order valence-electron chi connectivity index (χ0n) is 13.0. The molecule has 0 bridgehead atoms. The Morgan fingerprint density at radius 2 is 2.14 bits per heavy atom. The number of nitrogens with one attached hydrogen (secondary N) is 1. The molecule has 1 aromatic rings. The summed E-state index contributed by atoms with van der Waals surface area (Å²) in [6.45, 7) is 8.74. The normalized spacial score (nSPS) is 22.2. The maximum Gasteiger partial charge on any atom is 0.323 e. The van der Waals surface area contributed by atoms with Gasteiger partial charge in [0.2, 0.25) is 11.9 Å². The predicted molar refractivity (Wildman–Crippen MR) is 81.8 cm³/mol. The first-order valence-electron chi connectivity index (χ1n) is 7.69. The molecule has 21 heavy (non-hydrogen) atoms. The first-order chi connectivity index (χ1) is 10.1. The highest BCUT2D eigenvalue weighted by Crippen LogP contribution is 2.22. The average Bonchev–Trinajstić information content (AvgIpc) is 2.48. The topological polar surface area (TPSA) is 83.4 Å². The van der Waals surface area contributed by atoms with E-state index in [1.54, 1.807) is 0 Å². The molecule has 2 rings (SSSR count). The smallest absolute Gasteiger partial charge is 0.323 e. The lowest BCUT2D eigenvalue weighted by Gasteiger charge is -2.34. The average molecular weight is 295 g/mol. The summed E-state index contributed by atoms with van der Waals surface area (Å²) in [6.07, 6.45) is 1.57. The molecule has 0 spiro atoms. The van der Waals surface area contributed by atoms with Crippen molar-refractivity contribution in [2.45, 2.75) is 39.7 Å². The Bertz CT molecular complexity index is 457. The largest absolute Gasteiger partial charge is 0.464 e. The third kappa shape index (κ3) is 4.17. The number of piperidine rings is 1. The van der Waals surface area contributed by atoms with Crippen LogP contribution in [0.15, 0.2) is 0 Å². The van der Waals surface area contributed by atoms with Crippen LogP contribution in [-0.4, -0.2) is 52.4 Å². The molecular formula is C14H25N5O2. The molecule has 7 nitrogen and oxygen atoms in total. The van der Waals surface area contributed by atoms with Crippen LogP contribution in [0.2, 0.25) is 0 Å². The van der Waals surface area contributed by atoms with Crippen LogP contribution in [0.4, 0.5) is 11.9 Å². The van der Waals surface area contributed by atoms with Crippen molar-refractivity contribution >= 4 is 11.9 Å². The van der Waals surface area contributed by atoms with E-state index in [4.69, 9.17) is 4.74 Å². The first kappa shape index (κ1) is 15.8. The zero-order chi connectivity index (χ0) is 15.2. The van der Waals surface area contributed by atoms with Gasteiger partial charge in [-0.05, 0) is 25.7 Å². The number of anilines is 2. The van der Waals surface area contributed by atoms with Gasteiger partial charge in [0.1, 0.15) is 0 Å². The van der Waals surface area contributed by atoms with E-state index in [9.17, 15) is 5.11 Å². The van der Waals surface area contributed by atoms with Gasteiger partial charge >= 0.3 is 6.01 Å². The lowest BCUT2D eigenvalue weighted by atomic mass is 9.96. The minimum absolute atomic E-state index is 0.312. The van der Waals surface area contributed by atoms with Crippen molar-refractivity contribution in [3.8, 4) is 6.01 Å². The Morgan fingerprint density at radius 1 is 1.33 bits per heavy atom. The fourth-order valence-corrected chi connectivity index (χ4v) is 2.23. The van der Waals surface area contributed by atoms with Gasteiger partial charge in [-0.15, -0.1) is 0 Å². The van der Waals surface area contributed by atoms with Crippen LogP contribution in [0.5, 0.6) is 6.01 Å². The quantitative estimate of drug-likeness (QED) is 0.818. The molecule has 118 valence electrons. The summed E-state index contributed by atoms with van der Waals surface area (Å²) in [5.41, 5.74) is 0. The van der Waals surface area contributed by atoms with Gasteiger partial charge in [0.25, 0.3) is 0 Å². The number of aliphatic hydroxyl groups excluding tert-OH is 1. The highest BCUT2D eigenvalue weighted by atomic mass is 16.5. The zero-order valence-corrected chi connectivity index (χ0v) is 13.0. The van der Waals surface area contributed by atoms with E-state index in [0.29, 0.717) is 37.0 Å². The maximum absolute atomic E-state index is 10.0. The molecular weight excluding hydrogens is 270 g/mol. The number of aliphatic hydroxyl groups is 1. The van der Waals surface area contributed by atoms with E-state index in [-0.39, 0.29) is 6.10 Å². The van der Waals surface area contributed by atoms with E-state index >= 15 is 0 Å². The van der Waals surface area contributed by atoms with Gasteiger partial charge in [-0.1, -0.05) is 13.8 Å². The van der Waals surface area contributed by atoms with Crippen molar-refractivity contribution in [1.82, 2.24) is 15.0 Å². The monoisotopic (exact) mass is 295 g/mol. The molecule has 0 amide bonds. The Hall–Kier alpha value is -1.63. The Balaban J connectivity index is 2.18. The van der Waals surface area contributed by atoms with Crippen molar-refractivity contribution in [2.24, 2.45) is 5.92 Å². The third-order valence-electron chi connectivity index (χ3n) is 3.61. The van der Waals surface area contributed by atoms with E-state index < -0.39 is 0 Å². The minimum atomic E-state index is -0.349. The molecule has 1 saturated heterocycles. The van der Waals surface area contributed by atoms with Gasteiger partial charge in [0.05, 0.1) is 12.7 Å². The Labute approximate surface area is 125 Å². The number of nitrogens with zero attached hydrogens (tertiary/aromatic N) is 4. The van der Waals surface area contributed by atoms with Gasteiger partial charge in [0.15, 0.2) is 0 Å². The second kappa shape index (κ2) is 7.40. The van der Waals surface area contributed by atoms with Crippen LogP contribution in [0.25, 0.3) is 0 Å². The van der Waals surface area contributed by atoms with Crippen LogP contribution in [0, 0.1) is 5.92 Å². The molecule has 1 aromatic heterocycles. The summed E-state index contributed by atoms with van der Waals surface area (Å²) < 4.78 is 5.41. The van der Waals surface area contributed by atoms with Crippen LogP contribution in [0.1, 0.15) is 33.6 Å². The molecule has 2 unspecified atom stereocenters. The summed E-state index contributed by atoms with van der Waals surface area (Å²) in [4.78, 5) is 15.0. The van der Waals surface area contributed by atoms with E-state index in [1.807, 2.05) is 11.8 Å². The highest BCUT2D eigenvalue weighted by molar-refractivity contribution is 5.39. The summed E-state index contributed by atoms with van der Waals surface area (Å²) in [5.74, 6) is 1.41. The second-order valence-electron chi connectivity index (χ2n) is 5.38. The van der Waals surface area contributed by atoms with E-state index in [1.165, 1.54) is 0 Å². The standard InChI is InChI=1S/C14H25N5O2/c1-4-7-15-12-16-13(18-14(17-12)21-5-2)19-8-6-10(3)11(20)9-19/h10-11,20H,4-9H2,1-3H3,(H,15,16,17,18). The van der Waals surface area contributed by atoms with E-state index in [2.05, 4.69) is 34.1 Å². The summed E-state index contributed by atoms with van der Waals surface area (Å²) >= 11 is 0. The molecule has 2 N–H and O–H groups in total. The maximum atomic E-state index is 10.0. The molecule has 0 aliphatic carbocycles. The molecule has 0 radical (unpaired) electrons. The molecule has 1 aliphatic heterocycles. The fourth-order valence-electron chi connectivity index (χ4n) is 2.23. The van der Waals surface area contributed by atoms with Crippen molar-refractivity contribution in [3.63, 3.8) is 0 Å². The Morgan fingerprint density at radius 3 is 2.81 bits per heavy atom. The number of hydrogen-bond acceptors (Lipinski definition) is 7. The molecule has 1 fully saturated rings. The van der Waals surface area contributed by atoms with Crippen molar-refractivity contribution in [1.29, 1.82) is 0 Å². The molecule has 1 aliphatic rings. The number of hydrogen-bond donors (Lipinski definition) is 2. The van der Waals surface area contributed by atoms with Crippen LogP contribution >= 0.6 is 0 Å². The van der Waals surface area contributed by atoms with Crippen LogP contribution in [-0.2, 0) is 0 Å². The molecule has 2 heterocycles. The van der Waals surface area contributed by atoms with Crippen LogP contribution < -0.4 is 15.0 Å². The third-order valence-corrected chi connectivity index (χ3v) is 3.61. The van der Waals surface area contributed by atoms with Crippen molar-refractivity contribution in [3.05, 3.63) is 0 Å². The lowest BCUT2D eigenvalue weighted by molar-refractivity contribution is 0.102. The van der Waals surface area contributed by atoms with Gasteiger partial charge in [-0.3, -0.25) is 0 Å². The summed E-state index contributed by atoms with van der Waals surface area (Å²) in [5, 5.41) is 13.2. The minimum Gasteiger partial charge on any atom is -0.464 e. The molecule has 0 saturated carbocycles. The lowest BCUT2D eigenvalue weighted by Crippen LogP contribution is -2.43. The van der Waals surface area contributed by atoms with Gasteiger partial charge < -0.3 is 20.1 Å². The number of ether oxygens (including phenoxy) is 1. The van der Waals surface area contributed by atoms with Crippen molar-refractivity contribution < 1.29 is 9.84 Å². The predicted octanol–water partition coefficient (Wildman–Crippen LogP) is 1.30. The highest BCUT2D eigenvalue weighted by Gasteiger charge is 2.26.